The SMILES string of the molecule is FC(F)(F)C1=NC2=C(CCc3ccccc32)C2=NCCN21. The number of hydrogen-bond donors (Lipinski definition) is 0. The third kappa shape index (κ3) is 1.81. The predicted octanol–water partition coefficient (Wildman–Crippen LogP) is 3.03. The molecule has 108 valence electrons. The lowest BCUT2D eigenvalue weighted by atomic mass is 9.88. The Hall–Kier alpha value is -2.11. The van der Waals surface area contributed by atoms with E-state index < -0.39 is 12.0 Å². The zero-order chi connectivity index (χ0) is 14.6. The van der Waals surface area contributed by atoms with Gasteiger partial charge < -0.3 is 4.90 Å². The van der Waals surface area contributed by atoms with Crippen molar-refractivity contribution in [3.05, 3.63) is 41.0 Å². The van der Waals surface area contributed by atoms with E-state index in [0.717, 1.165) is 23.1 Å². The van der Waals surface area contributed by atoms with E-state index >= 15 is 0 Å². The van der Waals surface area contributed by atoms with Crippen molar-refractivity contribution in [2.45, 2.75) is 19.0 Å². The summed E-state index contributed by atoms with van der Waals surface area (Å²) in [5.74, 6) is -0.379. The highest BCUT2D eigenvalue weighted by atomic mass is 19.4. The number of benzene rings is 1. The van der Waals surface area contributed by atoms with E-state index in [-0.39, 0.29) is 6.54 Å². The Morgan fingerprint density at radius 2 is 1.90 bits per heavy atom. The van der Waals surface area contributed by atoms with Gasteiger partial charge >= 0.3 is 6.18 Å². The summed E-state index contributed by atoms with van der Waals surface area (Å²) in [5.41, 5.74) is 3.14. The Labute approximate surface area is 119 Å². The molecular weight excluding hydrogens is 279 g/mol. The second-order valence-corrected chi connectivity index (χ2v) is 5.27. The van der Waals surface area contributed by atoms with E-state index in [1.54, 1.807) is 0 Å². The van der Waals surface area contributed by atoms with E-state index in [4.69, 9.17) is 0 Å². The Kier molecular flexibility index (Phi) is 2.52. The second kappa shape index (κ2) is 4.19. The number of halogens is 3. The van der Waals surface area contributed by atoms with Crippen molar-refractivity contribution in [2.75, 3.05) is 13.1 Å². The molecule has 1 aromatic rings. The van der Waals surface area contributed by atoms with Crippen molar-refractivity contribution < 1.29 is 13.2 Å². The summed E-state index contributed by atoms with van der Waals surface area (Å²) >= 11 is 0. The van der Waals surface area contributed by atoms with Crippen LogP contribution in [0.25, 0.3) is 5.70 Å². The molecule has 0 unspecified atom stereocenters. The summed E-state index contributed by atoms with van der Waals surface area (Å²) in [6.45, 7) is 0.648. The Morgan fingerprint density at radius 1 is 1.10 bits per heavy atom. The van der Waals surface area contributed by atoms with E-state index in [2.05, 4.69) is 9.98 Å². The third-order valence-electron chi connectivity index (χ3n) is 4.04. The molecule has 0 amide bonds. The van der Waals surface area contributed by atoms with Crippen LogP contribution < -0.4 is 0 Å². The lowest BCUT2D eigenvalue weighted by Gasteiger charge is -2.32. The summed E-state index contributed by atoms with van der Waals surface area (Å²) < 4.78 is 39.8. The number of alkyl halides is 3. The fourth-order valence-electron chi connectivity index (χ4n) is 3.15. The molecule has 0 spiro atoms. The quantitative estimate of drug-likeness (QED) is 0.722. The third-order valence-corrected chi connectivity index (χ3v) is 4.04. The summed E-state index contributed by atoms with van der Waals surface area (Å²) in [5, 5.41) is 0. The Balaban J connectivity index is 1.95. The molecule has 2 heterocycles. The minimum Gasteiger partial charge on any atom is -0.305 e. The molecule has 4 rings (SSSR count). The molecule has 0 saturated heterocycles. The first-order valence-electron chi connectivity index (χ1n) is 6.85. The van der Waals surface area contributed by atoms with Crippen LogP contribution in [0.1, 0.15) is 17.5 Å². The number of amidine groups is 2. The van der Waals surface area contributed by atoms with E-state index in [1.165, 1.54) is 4.90 Å². The molecule has 3 nitrogen and oxygen atoms in total. The van der Waals surface area contributed by atoms with Crippen LogP contribution in [0.5, 0.6) is 0 Å². The first kappa shape index (κ1) is 12.6. The maximum atomic E-state index is 13.3. The lowest BCUT2D eigenvalue weighted by Crippen LogP contribution is -2.46. The molecule has 0 N–H and O–H groups in total. The molecule has 6 heteroatoms. The minimum absolute atomic E-state index is 0.256. The minimum atomic E-state index is -4.46. The zero-order valence-corrected chi connectivity index (χ0v) is 11.1. The summed E-state index contributed by atoms with van der Waals surface area (Å²) in [6, 6.07) is 7.53. The van der Waals surface area contributed by atoms with Gasteiger partial charge in [0.25, 0.3) is 0 Å². The maximum Gasteiger partial charge on any atom is 0.449 e. The largest absolute Gasteiger partial charge is 0.449 e. The average molecular weight is 291 g/mol. The van der Waals surface area contributed by atoms with Crippen molar-refractivity contribution in [2.24, 2.45) is 9.98 Å². The molecule has 3 aliphatic rings. The molecule has 1 aromatic carbocycles. The number of aryl methyl sites for hydroxylation is 1. The van der Waals surface area contributed by atoms with Crippen LogP contribution in [-0.4, -0.2) is 35.8 Å². The van der Waals surface area contributed by atoms with Gasteiger partial charge in [-0.05, 0) is 18.4 Å². The van der Waals surface area contributed by atoms with E-state index in [1.807, 2.05) is 24.3 Å². The average Bonchev–Trinajstić information content (AvgIpc) is 2.94. The topological polar surface area (TPSA) is 28.0 Å². The summed E-state index contributed by atoms with van der Waals surface area (Å²) in [4.78, 5) is 9.47. The number of hydrogen-bond acceptors (Lipinski definition) is 3. The molecular formula is C15H12F3N3. The van der Waals surface area contributed by atoms with Gasteiger partial charge in [-0.3, -0.25) is 4.99 Å². The maximum absolute atomic E-state index is 13.3. The van der Waals surface area contributed by atoms with Crippen LogP contribution in [0.2, 0.25) is 0 Å². The molecule has 0 aromatic heterocycles. The highest BCUT2D eigenvalue weighted by Crippen LogP contribution is 2.39. The van der Waals surface area contributed by atoms with Gasteiger partial charge in [-0.1, -0.05) is 24.3 Å². The fraction of sp³-hybridized carbons (Fsp3) is 0.333. The van der Waals surface area contributed by atoms with Gasteiger partial charge in [0, 0.05) is 17.7 Å². The molecule has 0 atom stereocenters. The standard InChI is InChI=1S/C15H12F3N3/c16-15(17,18)14-20-12-10-4-2-1-3-9(10)5-6-11(12)13-19-7-8-21(13)14/h1-4H,5-8H2. The molecule has 0 bridgehead atoms. The second-order valence-electron chi connectivity index (χ2n) is 5.27. The highest BCUT2D eigenvalue weighted by molar-refractivity contribution is 6.19. The Bertz CT molecular complexity index is 713. The van der Waals surface area contributed by atoms with Gasteiger partial charge in [-0.25, -0.2) is 4.99 Å². The van der Waals surface area contributed by atoms with E-state index in [0.29, 0.717) is 24.5 Å². The highest BCUT2D eigenvalue weighted by Gasteiger charge is 2.46. The van der Waals surface area contributed by atoms with Crippen molar-refractivity contribution in [1.82, 2.24) is 4.90 Å². The normalized spacial score (nSPS) is 20.6. The molecule has 21 heavy (non-hydrogen) atoms. The molecule has 0 saturated carbocycles. The van der Waals surface area contributed by atoms with Crippen molar-refractivity contribution in [3.63, 3.8) is 0 Å². The molecule has 2 aliphatic heterocycles. The fourth-order valence-corrected chi connectivity index (χ4v) is 3.15. The first-order chi connectivity index (χ1) is 10.1. The predicted molar refractivity (Wildman–Crippen MR) is 74.2 cm³/mol. The molecule has 0 radical (unpaired) electrons. The van der Waals surface area contributed by atoms with Crippen molar-refractivity contribution in [3.8, 4) is 0 Å². The zero-order valence-electron chi connectivity index (χ0n) is 11.1. The summed E-state index contributed by atoms with van der Waals surface area (Å²) in [6.07, 6.45) is -2.95. The number of fused-ring (bicyclic) bond motifs is 4. The van der Waals surface area contributed by atoms with Gasteiger partial charge in [0.1, 0.15) is 5.84 Å². The smallest absolute Gasteiger partial charge is 0.305 e. The van der Waals surface area contributed by atoms with Crippen LogP contribution in [0.4, 0.5) is 13.2 Å². The monoisotopic (exact) mass is 291 g/mol. The van der Waals surface area contributed by atoms with Gasteiger partial charge in [0.05, 0.1) is 12.2 Å². The van der Waals surface area contributed by atoms with Crippen LogP contribution in [0.15, 0.2) is 39.8 Å². The van der Waals surface area contributed by atoms with Crippen LogP contribution in [0.3, 0.4) is 0 Å². The number of nitrogens with zero attached hydrogens (tertiary/aromatic N) is 3. The number of aliphatic imine (C=N–C) groups is 2. The molecule has 1 aliphatic carbocycles. The van der Waals surface area contributed by atoms with Crippen molar-refractivity contribution in [1.29, 1.82) is 0 Å². The van der Waals surface area contributed by atoms with Crippen LogP contribution in [0, 0.1) is 0 Å². The van der Waals surface area contributed by atoms with Gasteiger partial charge in [-0.2, -0.15) is 13.2 Å². The number of rotatable bonds is 0. The van der Waals surface area contributed by atoms with Crippen molar-refractivity contribution >= 4 is 17.4 Å². The first-order valence-corrected chi connectivity index (χ1v) is 6.85. The van der Waals surface area contributed by atoms with E-state index in [9.17, 15) is 13.2 Å². The lowest BCUT2D eigenvalue weighted by molar-refractivity contribution is -0.0657. The van der Waals surface area contributed by atoms with Crippen LogP contribution >= 0.6 is 0 Å². The van der Waals surface area contributed by atoms with Gasteiger partial charge in [0.2, 0.25) is 5.84 Å². The van der Waals surface area contributed by atoms with Crippen LogP contribution in [-0.2, 0) is 6.42 Å². The Morgan fingerprint density at radius 3 is 2.71 bits per heavy atom. The van der Waals surface area contributed by atoms with Gasteiger partial charge in [0.15, 0.2) is 0 Å². The summed E-state index contributed by atoms with van der Waals surface area (Å²) in [7, 11) is 0. The molecule has 0 fully saturated rings. The van der Waals surface area contributed by atoms with Gasteiger partial charge in [-0.15, -0.1) is 0 Å².